The van der Waals surface area contributed by atoms with Gasteiger partial charge in [0, 0.05) is 10.9 Å². The first-order valence-electron chi connectivity index (χ1n) is 5.90. The molecule has 7 heteroatoms. The summed E-state index contributed by atoms with van der Waals surface area (Å²) >= 11 is 4.44. The molecule has 1 unspecified atom stereocenters. The lowest BCUT2D eigenvalue weighted by Gasteiger charge is -2.14. The quantitative estimate of drug-likeness (QED) is 0.843. The minimum Gasteiger partial charge on any atom is -0.391 e. The fourth-order valence-corrected chi connectivity index (χ4v) is 5.54. The highest BCUT2D eigenvalue weighted by molar-refractivity contribution is 9.11. The molecule has 0 saturated heterocycles. The van der Waals surface area contributed by atoms with E-state index < -0.39 is 10.0 Å². The lowest BCUT2D eigenvalue weighted by molar-refractivity contribution is 0.285. The second kappa shape index (κ2) is 6.36. The predicted octanol–water partition coefficient (Wildman–Crippen LogP) is 3.04. The summed E-state index contributed by atoms with van der Waals surface area (Å²) < 4.78 is 27.8. The van der Waals surface area contributed by atoms with Crippen LogP contribution in [0.2, 0.25) is 0 Å². The van der Waals surface area contributed by atoms with E-state index in [0.717, 1.165) is 5.56 Å². The highest BCUT2D eigenvalue weighted by Gasteiger charge is 2.23. The normalized spacial score (nSPS) is 13.3. The zero-order valence-corrected chi connectivity index (χ0v) is 13.9. The zero-order valence-electron chi connectivity index (χ0n) is 10.7. The number of nitrogens with one attached hydrogen (secondary N) is 1. The van der Waals surface area contributed by atoms with Crippen LogP contribution in [0.5, 0.6) is 0 Å². The van der Waals surface area contributed by atoms with Crippen molar-refractivity contribution in [3.05, 3.63) is 50.6 Å². The van der Waals surface area contributed by atoms with Crippen LogP contribution in [0.15, 0.2) is 45.1 Å². The summed E-state index contributed by atoms with van der Waals surface area (Å²) in [6.45, 7) is 1.62. The van der Waals surface area contributed by atoms with E-state index >= 15 is 0 Å². The monoisotopic (exact) mass is 375 g/mol. The van der Waals surface area contributed by atoms with Crippen LogP contribution >= 0.6 is 27.3 Å². The molecular weight excluding hydrogens is 362 g/mol. The Kier molecular flexibility index (Phi) is 4.98. The fourth-order valence-electron chi connectivity index (χ4n) is 1.76. The van der Waals surface area contributed by atoms with Crippen LogP contribution in [-0.4, -0.2) is 13.5 Å². The molecule has 0 aliphatic carbocycles. The van der Waals surface area contributed by atoms with E-state index in [2.05, 4.69) is 20.7 Å². The van der Waals surface area contributed by atoms with Crippen molar-refractivity contribution in [2.24, 2.45) is 0 Å². The number of benzene rings is 1. The molecule has 0 aliphatic heterocycles. The van der Waals surface area contributed by atoms with Crippen LogP contribution in [0.3, 0.4) is 0 Å². The van der Waals surface area contributed by atoms with E-state index in [9.17, 15) is 8.42 Å². The van der Waals surface area contributed by atoms with Crippen LogP contribution in [-0.2, 0) is 16.6 Å². The van der Waals surface area contributed by atoms with Gasteiger partial charge in [0.2, 0.25) is 10.0 Å². The number of aliphatic hydroxyl groups excluding tert-OH is 1. The molecule has 1 heterocycles. The van der Waals surface area contributed by atoms with Gasteiger partial charge in [-0.3, -0.25) is 0 Å². The number of sulfonamides is 1. The third-order valence-corrected chi connectivity index (χ3v) is 6.56. The molecule has 108 valence electrons. The van der Waals surface area contributed by atoms with Crippen molar-refractivity contribution in [1.82, 2.24) is 4.72 Å². The summed E-state index contributed by atoms with van der Waals surface area (Å²) in [6.07, 6.45) is 0. The first kappa shape index (κ1) is 15.7. The Morgan fingerprint density at radius 3 is 2.55 bits per heavy atom. The maximum absolute atomic E-state index is 12.3. The molecule has 2 rings (SSSR count). The SMILES string of the molecule is CC(NS(=O)(=O)c1cc(CO)sc1Br)c1ccccc1. The van der Waals surface area contributed by atoms with Crippen molar-refractivity contribution < 1.29 is 13.5 Å². The van der Waals surface area contributed by atoms with E-state index in [4.69, 9.17) is 5.11 Å². The van der Waals surface area contributed by atoms with Crippen molar-refractivity contribution >= 4 is 37.3 Å². The third kappa shape index (κ3) is 3.48. The number of aliphatic hydroxyl groups is 1. The Hall–Kier alpha value is -0.730. The molecule has 0 radical (unpaired) electrons. The molecule has 2 aromatic rings. The number of thiophene rings is 1. The van der Waals surface area contributed by atoms with Gasteiger partial charge in [-0.15, -0.1) is 11.3 Å². The average Bonchev–Trinajstić information content (AvgIpc) is 2.81. The molecule has 1 aromatic heterocycles. The second-order valence-corrected chi connectivity index (χ2v) is 8.40. The van der Waals surface area contributed by atoms with Crippen LogP contribution in [0.4, 0.5) is 0 Å². The molecule has 0 saturated carbocycles. The predicted molar refractivity (Wildman–Crippen MR) is 83.1 cm³/mol. The first-order chi connectivity index (χ1) is 9.44. The van der Waals surface area contributed by atoms with Gasteiger partial charge in [-0.1, -0.05) is 30.3 Å². The Morgan fingerprint density at radius 1 is 1.35 bits per heavy atom. The summed E-state index contributed by atoms with van der Waals surface area (Å²) in [5, 5.41) is 9.08. The minimum atomic E-state index is -3.63. The number of rotatable bonds is 5. The van der Waals surface area contributed by atoms with Gasteiger partial charge in [-0.05, 0) is 34.5 Å². The molecule has 4 nitrogen and oxygen atoms in total. The summed E-state index contributed by atoms with van der Waals surface area (Å²) in [4.78, 5) is 0.763. The van der Waals surface area contributed by atoms with Crippen LogP contribution < -0.4 is 4.72 Å². The summed E-state index contributed by atoms with van der Waals surface area (Å²) in [5.41, 5.74) is 0.893. The van der Waals surface area contributed by atoms with E-state index in [1.165, 1.54) is 17.4 Å². The van der Waals surface area contributed by atoms with Gasteiger partial charge in [0.25, 0.3) is 0 Å². The first-order valence-corrected chi connectivity index (χ1v) is 8.99. The van der Waals surface area contributed by atoms with E-state index in [1.54, 1.807) is 6.92 Å². The summed E-state index contributed by atoms with van der Waals surface area (Å²) in [6, 6.07) is 10.5. The largest absolute Gasteiger partial charge is 0.391 e. The van der Waals surface area contributed by atoms with E-state index in [0.29, 0.717) is 8.66 Å². The average molecular weight is 376 g/mol. The third-order valence-electron chi connectivity index (χ3n) is 2.78. The van der Waals surface area contributed by atoms with Crippen molar-refractivity contribution in [1.29, 1.82) is 0 Å². The second-order valence-electron chi connectivity index (χ2n) is 4.26. The summed E-state index contributed by atoms with van der Waals surface area (Å²) in [7, 11) is -3.63. The van der Waals surface area contributed by atoms with Crippen molar-refractivity contribution in [2.45, 2.75) is 24.5 Å². The van der Waals surface area contributed by atoms with Crippen LogP contribution in [0, 0.1) is 0 Å². The number of hydrogen-bond donors (Lipinski definition) is 2. The maximum atomic E-state index is 12.3. The lowest BCUT2D eigenvalue weighted by atomic mass is 10.1. The molecule has 0 spiro atoms. The topological polar surface area (TPSA) is 66.4 Å². The molecule has 1 aromatic carbocycles. The highest BCUT2D eigenvalue weighted by atomic mass is 79.9. The van der Waals surface area contributed by atoms with Crippen molar-refractivity contribution in [3.8, 4) is 0 Å². The number of halogens is 1. The molecule has 2 N–H and O–H groups in total. The van der Waals surface area contributed by atoms with E-state index in [1.807, 2.05) is 30.3 Å². The van der Waals surface area contributed by atoms with Gasteiger partial charge >= 0.3 is 0 Å². The van der Waals surface area contributed by atoms with Crippen molar-refractivity contribution in [3.63, 3.8) is 0 Å². The maximum Gasteiger partial charge on any atom is 0.243 e. The van der Waals surface area contributed by atoms with Crippen molar-refractivity contribution in [2.75, 3.05) is 0 Å². The van der Waals surface area contributed by atoms with Gasteiger partial charge < -0.3 is 5.11 Å². The Morgan fingerprint density at radius 2 is 2.00 bits per heavy atom. The smallest absolute Gasteiger partial charge is 0.243 e. The standard InChI is InChI=1S/C13H14BrNO3S2/c1-9(10-5-3-2-4-6-10)15-20(17,18)12-7-11(8-16)19-13(12)14/h2-7,9,15-16H,8H2,1H3. The molecule has 0 bridgehead atoms. The molecule has 0 fully saturated rings. The minimum absolute atomic E-state index is 0.161. The van der Waals surface area contributed by atoms with Gasteiger partial charge in [-0.2, -0.15) is 0 Å². The molecular formula is C13H14BrNO3S2. The molecule has 0 aliphatic rings. The van der Waals surface area contributed by atoms with Gasteiger partial charge in [0.1, 0.15) is 4.90 Å². The van der Waals surface area contributed by atoms with Crippen LogP contribution in [0.25, 0.3) is 0 Å². The Bertz CT molecular complexity index is 683. The Labute approximate surface area is 130 Å². The molecule has 0 amide bonds. The van der Waals surface area contributed by atoms with Crippen LogP contribution in [0.1, 0.15) is 23.4 Å². The zero-order chi connectivity index (χ0) is 14.8. The highest BCUT2D eigenvalue weighted by Crippen LogP contribution is 2.32. The Balaban J connectivity index is 2.25. The lowest BCUT2D eigenvalue weighted by Crippen LogP contribution is -2.26. The number of hydrogen-bond acceptors (Lipinski definition) is 4. The van der Waals surface area contributed by atoms with Gasteiger partial charge in [0.05, 0.1) is 10.4 Å². The summed E-state index contributed by atoms with van der Waals surface area (Å²) in [5.74, 6) is 0. The van der Waals surface area contributed by atoms with Gasteiger partial charge in [0.15, 0.2) is 0 Å². The van der Waals surface area contributed by atoms with Gasteiger partial charge in [-0.25, -0.2) is 13.1 Å². The fraction of sp³-hybridized carbons (Fsp3) is 0.231. The van der Waals surface area contributed by atoms with E-state index in [-0.39, 0.29) is 17.5 Å². The molecule has 20 heavy (non-hydrogen) atoms. The molecule has 1 atom stereocenters.